The highest BCUT2D eigenvalue weighted by molar-refractivity contribution is 5.97. The Balaban J connectivity index is 1.92. The smallest absolute Gasteiger partial charge is 0.346 e. The summed E-state index contributed by atoms with van der Waals surface area (Å²) >= 11 is 0. The molecule has 0 saturated carbocycles. The third-order valence-corrected chi connectivity index (χ3v) is 3.91. The van der Waals surface area contributed by atoms with Crippen molar-refractivity contribution in [3.63, 3.8) is 0 Å². The summed E-state index contributed by atoms with van der Waals surface area (Å²) in [6, 6.07) is 10.9. The number of nitrogens with one attached hydrogen (secondary N) is 1. The van der Waals surface area contributed by atoms with E-state index in [1.165, 1.54) is 33.3 Å². The molecule has 2 rings (SSSR count). The molecule has 0 aliphatic rings. The maximum Gasteiger partial charge on any atom is 0.346 e. The predicted octanol–water partition coefficient (Wildman–Crippen LogP) is 2.75. The highest BCUT2D eigenvalue weighted by Gasteiger charge is 2.24. The molecule has 27 heavy (non-hydrogen) atoms. The van der Waals surface area contributed by atoms with E-state index in [4.69, 9.17) is 14.2 Å². The van der Waals surface area contributed by atoms with Gasteiger partial charge in [0.1, 0.15) is 22.9 Å². The number of esters is 1. The van der Waals surface area contributed by atoms with E-state index >= 15 is 0 Å². The number of methoxy groups -OCH3 is 2. The lowest BCUT2D eigenvalue weighted by Gasteiger charge is -2.16. The molecule has 2 aromatic carbocycles. The Morgan fingerprint density at radius 3 is 2.19 bits per heavy atom. The number of carbonyl (C=O) groups is 2. The summed E-state index contributed by atoms with van der Waals surface area (Å²) in [5, 5.41) is 2.69. The molecule has 7 heteroatoms. The van der Waals surface area contributed by atoms with E-state index in [-0.39, 0.29) is 11.4 Å². The number of carbonyl (C=O) groups excluding carboxylic acids is 2. The van der Waals surface area contributed by atoms with Gasteiger partial charge >= 0.3 is 5.97 Å². The van der Waals surface area contributed by atoms with Gasteiger partial charge in [0.2, 0.25) is 0 Å². The van der Waals surface area contributed by atoms with Gasteiger partial charge < -0.3 is 19.5 Å². The van der Waals surface area contributed by atoms with Gasteiger partial charge in [0, 0.05) is 6.54 Å². The first kappa shape index (κ1) is 20.2. The van der Waals surface area contributed by atoms with Crippen LogP contribution in [-0.2, 0) is 16.0 Å². The maximum absolute atomic E-state index is 12.9. The van der Waals surface area contributed by atoms with Crippen LogP contribution in [0.3, 0.4) is 0 Å². The van der Waals surface area contributed by atoms with Gasteiger partial charge in [-0.1, -0.05) is 18.2 Å². The molecule has 0 fully saturated rings. The number of ether oxygens (including phenoxy) is 3. The Hall–Kier alpha value is -3.09. The molecule has 0 unspecified atom stereocenters. The van der Waals surface area contributed by atoms with Gasteiger partial charge in [-0.05, 0) is 43.2 Å². The van der Waals surface area contributed by atoms with E-state index in [9.17, 15) is 14.0 Å². The first-order valence-corrected chi connectivity index (χ1v) is 8.40. The van der Waals surface area contributed by atoms with Crippen LogP contribution in [0.2, 0.25) is 0 Å². The topological polar surface area (TPSA) is 73.9 Å². The lowest BCUT2D eigenvalue weighted by atomic mass is 10.1. The monoisotopic (exact) mass is 375 g/mol. The molecule has 1 atom stereocenters. The van der Waals surface area contributed by atoms with Crippen LogP contribution in [0.25, 0.3) is 0 Å². The van der Waals surface area contributed by atoms with Crippen molar-refractivity contribution in [2.75, 3.05) is 20.8 Å². The minimum atomic E-state index is -1.000. The summed E-state index contributed by atoms with van der Waals surface area (Å²) in [5.41, 5.74) is 1.01. The number of benzene rings is 2. The van der Waals surface area contributed by atoms with Crippen molar-refractivity contribution in [2.45, 2.75) is 19.4 Å². The summed E-state index contributed by atoms with van der Waals surface area (Å²) in [6.07, 6.45) is -0.465. The fourth-order valence-electron chi connectivity index (χ4n) is 2.45. The molecule has 0 aromatic heterocycles. The number of rotatable bonds is 8. The molecular weight excluding hydrogens is 353 g/mol. The van der Waals surface area contributed by atoms with Crippen molar-refractivity contribution >= 4 is 11.9 Å². The van der Waals surface area contributed by atoms with Crippen LogP contribution in [0, 0.1) is 5.82 Å². The van der Waals surface area contributed by atoms with Crippen molar-refractivity contribution in [3.8, 4) is 11.5 Å². The van der Waals surface area contributed by atoms with Crippen molar-refractivity contribution in [3.05, 3.63) is 59.4 Å². The van der Waals surface area contributed by atoms with Crippen molar-refractivity contribution in [1.29, 1.82) is 0 Å². The SMILES string of the molecule is COc1cccc(OC)c1C(=O)O[C@@H](C)C(=O)NCCc1ccc(F)cc1. The second-order valence-electron chi connectivity index (χ2n) is 5.75. The Morgan fingerprint density at radius 2 is 1.63 bits per heavy atom. The van der Waals surface area contributed by atoms with Gasteiger partial charge in [0.05, 0.1) is 14.2 Å². The van der Waals surface area contributed by atoms with Crippen LogP contribution >= 0.6 is 0 Å². The average molecular weight is 375 g/mol. The predicted molar refractivity (Wildman–Crippen MR) is 97.5 cm³/mol. The summed E-state index contributed by atoms with van der Waals surface area (Å²) in [5.74, 6) is -0.869. The maximum atomic E-state index is 12.9. The van der Waals surface area contributed by atoms with E-state index < -0.39 is 18.0 Å². The largest absolute Gasteiger partial charge is 0.496 e. The van der Waals surface area contributed by atoms with Crippen molar-refractivity contribution in [1.82, 2.24) is 5.32 Å². The molecule has 0 saturated heterocycles. The van der Waals surface area contributed by atoms with E-state index in [1.54, 1.807) is 30.3 Å². The van der Waals surface area contributed by atoms with Gasteiger partial charge in [-0.15, -0.1) is 0 Å². The van der Waals surface area contributed by atoms with Crippen LogP contribution in [-0.4, -0.2) is 38.7 Å². The minimum Gasteiger partial charge on any atom is -0.496 e. The van der Waals surface area contributed by atoms with Crippen molar-refractivity contribution in [2.24, 2.45) is 0 Å². The Bertz CT molecular complexity index is 769. The number of halogens is 1. The third kappa shape index (κ3) is 5.44. The van der Waals surface area contributed by atoms with Crippen LogP contribution in [0.15, 0.2) is 42.5 Å². The first-order valence-electron chi connectivity index (χ1n) is 8.40. The lowest BCUT2D eigenvalue weighted by Crippen LogP contribution is -2.37. The molecule has 0 bridgehead atoms. The quantitative estimate of drug-likeness (QED) is 0.718. The normalized spacial score (nSPS) is 11.4. The summed E-state index contributed by atoms with van der Waals surface area (Å²) < 4.78 is 28.4. The van der Waals surface area contributed by atoms with E-state index in [0.717, 1.165) is 5.56 Å². The van der Waals surface area contributed by atoms with Gasteiger partial charge in [0.15, 0.2) is 6.10 Å². The van der Waals surface area contributed by atoms with Crippen molar-refractivity contribution < 1.29 is 28.2 Å². The average Bonchev–Trinajstić information content (AvgIpc) is 2.68. The van der Waals surface area contributed by atoms with Gasteiger partial charge in [-0.2, -0.15) is 0 Å². The standard InChI is InChI=1S/C20H22FNO5/c1-13(19(23)22-12-11-14-7-9-15(21)10-8-14)27-20(24)18-16(25-2)5-4-6-17(18)26-3/h4-10,13H,11-12H2,1-3H3,(H,22,23)/t13-/m0/s1. The highest BCUT2D eigenvalue weighted by atomic mass is 19.1. The Labute approximate surface area is 157 Å². The minimum absolute atomic E-state index is 0.119. The molecule has 0 aliphatic carbocycles. The molecule has 2 aromatic rings. The van der Waals surface area contributed by atoms with Gasteiger partial charge in [0.25, 0.3) is 5.91 Å². The summed E-state index contributed by atoms with van der Waals surface area (Å²) in [4.78, 5) is 24.6. The fraction of sp³-hybridized carbons (Fsp3) is 0.300. The first-order chi connectivity index (χ1) is 13.0. The number of hydrogen-bond donors (Lipinski definition) is 1. The van der Waals surface area contributed by atoms with Crippen LogP contribution in [0.5, 0.6) is 11.5 Å². The van der Waals surface area contributed by atoms with Gasteiger partial charge in [-0.25, -0.2) is 9.18 Å². The molecule has 6 nitrogen and oxygen atoms in total. The second-order valence-corrected chi connectivity index (χ2v) is 5.75. The number of amides is 1. The molecule has 0 aliphatic heterocycles. The molecule has 144 valence electrons. The van der Waals surface area contributed by atoms with E-state index in [2.05, 4.69) is 5.32 Å². The highest BCUT2D eigenvalue weighted by Crippen LogP contribution is 2.29. The van der Waals surface area contributed by atoms with Crippen LogP contribution in [0.1, 0.15) is 22.8 Å². The molecule has 0 spiro atoms. The third-order valence-electron chi connectivity index (χ3n) is 3.91. The summed E-state index contributed by atoms with van der Waals surface area (Å²) in [6.45, 7) is 1.82. The van der Waals surface area contributed by atoms with Crippen LogP contribution < -0.4 is 14.8 Å². The molecule has 1 amide bonds. The number of hydrogen-bond acceptors (Lipinski definition) is 5. The fourth-order valence-corrected chi connectivity index (χ4v) is 2.45. The lowest BCUT2D eigenvalue weighted by molar-refractivity contribution is -0.129. The molecular formula is C20H22FNO5. The zero-order chi connectivity index (χ0) is 19.8. The second kappa shape index (κ2) is 9.56. The van der Waals surface area contributed by atoms with Gasteiger partial charge in [-0.3, -0.25) is 4.79 Å². The molecule has 1 N–H and O–H groups in total. The zero-order valence-corrected chi connectivity index (χ0v) is 15.5. The Morgan fingerprint density at radius 1 is 1.04 bits per heavy atom. The summed E-state index contributed by atoms with van der Waals surface area (Å²) in [7, 11) is 2.86. The van der Waals surface area contributed by atoms with E-state index in [1.807, 2.05) is 0 Å². The van der Waals surface area contributed by atoms with Crippen LogP contribution in [0.4, 0.5) is 4.39 Å². The van der Waals surface area contributed by atoms with E-state index in [0.29, 0.717) is 24.5 Å². The zero-order valence-electron chi connectivity index (χ0n) is 15.5. The Kier molecular flexibility index (Phi) is 7.16. The molecule has 0 radical (unpaired) electrons. The molecule has 0 heterocycles.